The first kappa shape index (κ1) is 13.2. The number of hydrogen-bond donors (Lipinski definition) is 0. The standard InChI is InChI=1S/C16H14Cl2/c1-11-3-7-13(8-4-11)15(16(17)18)14-9-5-12(2)6-10-14/h3-10H,1-2H3. The Bertz CT molecular complexity index is 512. The lowest BCUT2D eigenvalue weighted by Gasteiger charge is -2.09. The summed E-state index contributed by atoms with van der Waals surface area (Å²) in [6.07, 6.45) is 0. The average Bonchev–Trinajstić information content (AvgIpc) is 2.34. The summed E-state index contributed by atoms with van der Waals surface area (Å²) >= 11 is 12.1. The van der Waals surface area contributed by atoms with Gasteiger partial charge < -0.3 is 0 Å². The summed E-state index contributed by atoms with van der Waals surface area (Å²) in [5, 5.41) is 0. The van der Waals surface area contributed by atoms with Crippen LogP contribution >= 0.6 is 23.2 Å². The van der Waals surface area contributed by atoms with Crippen molar-refractivity contribution in [3.05, 3.63) is 75.3 Å². The van der Waals surface area contributed by atoms with Gasteiger partial charge in [0.15, 0.2) is 0 Å². The van der Waals surface area contributed by atoms with Gasteiger partial charge in [-0.15, -0.1) is 0 Å². The average molecular weight is 277 g/mol. The van der Waals surface area contributed by atoms with Crippen LogP contribution in [0.3, 0.4) is 0 Å². The molecule has 2 heteroatoms. The maximum Gasteiger partial charge on any atom is 0.115 e. The van der Waals surface area contributed by atoms with Crippen LogP contribution in [-0.4, -0.2) is 0 Å². The van der Waals surface area contributed by atoms with E-state index in [4.69, 9.17) is 23.2 Å². The van der Waals surface area contributed by atoms with Crippen LogP contribution in [0.2, 0.25) is 0 Å². The van der Waals surface area contributed by atoms with Crippen LogP contribution in [0.15, 0.2) is 53.0 Å². The Labute approximate surface area is 118 Å². The summed E-state index contributed by atoms with van der Waals surface area (Å²) in [4.78, 5) is 0. The van der Waals surface area contributed by atoms with Gasteiger partial charge in [-0.1, -0.05) is 82.9 Å². The largest absolute Gasteiger partial charge is 0.115 e. The Kier molecular flexibility index (Phi) is 4.11. The minimum atomic E-state index is 0.294. The Hall–Kier alpha value is -1.24. The van der Waals surface area contributed by atoms with Crippen molar-refractivity contribution in [2.24, 2.45) is 0 Å². The number of halogens is 2. The smallest absolute Gasteiger partial charge is 0.0702 e. The van der Waals surface area contributed by atoms with Crippen LogP contribution in [0.1, 0.15) is 22.3 Å². The molecule has 0 atom stereocenters. The van der Waals surface area contributed by atoms with Crippen molar-refractivity contribution in [1.29, 1.82) is 0 Å². The Balaban J connectivity index is 2.51. The number of benzene rings is 2. The molecule has 2 aromatic rings. The molecule has 0 aliphatic heterocycles. The van der Waals surface area contributed by atoms with Crippen molar-refractivity contribution < 1.29 is 0 Å². The van der Waals surface area contributed by atoms with Gasteiger partial charge in [-0.3, -0.25) is 0 Å². The molecule has 0 unspecified atom stereocenters. The number of hydrogen-bond acceptors (Lipinski definition) is 0. The SMILES string of the molecule is Cc1ccc(C(=C(Cl)Cl)c2ccc(C)cc2)cc1. The predicted molar refractivity (Wildman–Crippen MR) is 80.1 cm³/mol. The summed E-state index contributed by atoms with van der Waals surface area (Å²) < 4.78 is 0.294. The van der Waals surface area contributed by atoms with Gasteiger partial charge >= 0.3 is 0 Å². The third-order valence-electron chi connectivity index (χ3n) is 2.87. The first-order chi connectivity index (χ1) is 8.58. The molecule has 0 bridgehead atoms. The zero-order valence-corrected chi connectivity index (χ0v) is 11.9. The van der Waals surface area contributed by atoms with E-state index >= 15 is 0 Å². The molecule has 0 N–H and O–H groups in total. The Morgan fingerprint density at radius 2 is 1.00 bits per heavy atom. The topological polar surface area (TPSA) is 0 Å². The second kappa shape index (κ2) is 5.60. The van der Waals surface area contributed by atoms with Gasteiger partial charge in [-0.05, 0) is 25.0 Å². The highest BCUT2D eigenvalue weighted by atomic mass is 35.5. The summed E-state index contributed by atoms with van der Waals surface area (Å²) in [5.74, 6) is 0. The van der Waals surface area contributed by atoms with Crippen LogP contribution in [0.5, 0.6) is 0 Å². The fraction of sp³-hybridized carbons (Fsp3) is 0.125. The molecule has 0 amide bonds. The van der Waals surface area contributed by atoms with E-state index in [0.29, 0.717) is 4.49 Å². The maximum absolute atomic E-state index is 6.04. The fourth-order valence-electron chi connectivity index (χ4n) is 1.83. The quantitative estimate of drug-likeness (QED) is 0.680. The Morgan fingerprint density at radius 3 is 1.28 bits per heavy atom. The molecule has 0 aromatic heterocycles. The minimum Gasteiger partial charge on any atom is -0.0702 e. The fourth-order valence-corrected chi connectivity index (χ4v) is 2.26. The van der Waals surface area contributed by atoms with Crippen LogP contribution < -0.4 is 0 Å². The summed E-state index contributed by atoms with van der Waals surface area (Å²) in [6, 6.07) is 16.4. The Morgan fingerprint density at radius 1 is 0.667 bits per heavy atom. The van der Waals surface area contributed by atoms with Crippen molar-refractivity contribution >= 4 is 28.8 Å². The first-order valence-corrected chi connectivity index (χ1v) is 6.53. The van der Waals surface area contributed by atoms with Crippen molar-refractivity contribution in [2.45, 2.75) is 13.8 Å². The molecule has 0 saturated carbocycles. The molecule has 18 heavy (non-hydrogen) atoms. The molecule has 0 fully saturated rings. The molecule has 2 rings (SSSR count). The third-order valence-corrected chi connectivity index (χ3v) is 3.25. The van der Waals surface area contributed by atoms with Gasteiger partial charge in [0.2, 0.25) is 0 Å². The van der Waals surface area contributed by atoms with Gasteiger partial charge in [0.25, 0.3) is 0 Å². The van der Waals surface area contributed by atoms with E-state index in [0.717, 1.165) is 16.7 Å². The van der Waals surface area contributed by atoms with E-state index in [-0.39, 0.29) is 0 Å². The van der Waals surface area contributed by atoms with Gasteiger partial charge in [0.05, 0.1) is 0 Å². The van der Waals surface area contributed by atoms with Crippen molar-refractivity contribution in [3.63, 3.8) is 0 Å². The van der Waals surface area contributed by atoms with Crippen LogP contribution in [0.25, 0.3) is 5.57 Å². The normalized spacial score (nSPS) is 10.2. The molecular weight excluding hydrogens is 263 g/mol. The molecule has 2 aromatic carbocycles. The molecular formula is C16H14Cl2. The molecule has 0 saturated heterocycles. The van der Waals surface area contributed by atoms with Crippen LogP contribution in [-0.2, 0) is 0 Å². The highest BCUT2D eigenvalue weighted by Gasteiger charge is 2.09. The summed E-state index contributed by atoms with van der Waals surface area (Å²) in [6.45, 7) is 4.11. The molecule has 0 nitrogen and oxygen atoms in total. The van der Waals surface area contributed by atoms with E-state index in [1.165, 1.54) is 11.1 Å². The zero-order valence-electron chi connectivity index (χ0n) is 10.4. The summed E-state index contributed by atoms with van der Waals surface area (Å²) in [5.41, 5.74) is 5.37. The molecule has 0 aliphatic carbocycles. The van der Waals surface area contributed by atoms with Gasteiger partial charge in [-0.2, -0.15) is 0 Å². The number of rotatable bonds is 2. The summed E-state index contributed by atoms with van der Waals surface area (Å²) in [7, 11) is 0. The van der Waals surface area contributed by atoms with Crippen molar-refractivity contribution in [3.8, 4) is 0 Å². The minimum absolute atomic E-state index is 0.294. The van der Waals surface area contributed by atoms with E-state index in [9.17, 15) is 0 Å². The van der Waals surface area contributed by atoms with Gasteiger partial charge in [0, 0.05) is 5.57 Å². The number of aryl methyl sites for hydroxylation is 2. The van der Waals surface area contributed by atoms with E-state index in [2.05, 4.69) is 38.1 Å². The monoisotopic (exact) mass is 276 g/mol. The second-order valence-corrected chi connectivity index (χ2v) is 5.32. The zero-order chi connectivity index (χ0) is 13.1. The lowest BCUT2D eigenvalue weighted by atomic mass is 9.98. The van der Waals surface area contributed by atoms with Crippen molar-refractivity contribution in [2.75, 3.05) is 0 Å². The van der Waals surface area contributed by atoms with E-state index < -0.39 is 0 Å². The molecule has 0 heterocycles. The van der Waals surface area contributed by atoms with Gasteiger partial charge in [0.1, 0.15) is 4.49 Å². The highest BCUT2D eigenvalue weighted by Crippen LogP contribution is 2.31. The third kappa shape index (κ3) is 2.95. The van der Waals surface area contributed by atoms with Gasteiger partial charge in [-0.25, -0.2) is 0 Å². The molecule has 0 radical (unpaired) electrons. The molecule has 0 spiro atoms. The highest BCUT2D eigenvalue weighted by molar-refractivity contribution is 6.59. The maximum atomic E-state index is 6.04. The lowest BCUT2D eigenvalue weighted by molar-refractivity contribution is 1.43. The van der Waals surface area contributed by atoms with E-state index in [1.807, 2.05) is 24.3 Å². The van der Waals surface area contributed by atoms with Crippen LogP contribution in [0, 0.1) is 13.8 Å². The van der Waals surface area contributed by atoms with E-state index in [1.54, 1.807) is 0 Å². The second-order valence-electron chi connectivity index (χ2n) is 4.37. The molecule has 92 valence electrons. The van der Waals surface area contributed by atoms with Crippen LogP contribution in [0.4, 0.5) is 0 Å². The van der Waals surface area contributed by atoms with Crippen molar-refractivity contribution in [1.82, 2.24) is 0 Å². The predicted octanol–water partition coefficient (Wildman–Crippen LogP) is 5.50. The molecule has 0 aliphatic rings. The lowest BCUT2D eigenvalue weighted by Crippen LogP contribution is -1.89. The first-order valence-electron chi connectivity index (χ1n) is 5.77.